The minimum absolute atomic E-state index is 0.0607. The van der Waals surface area contributed by atoms with E-state index in [-0.39, 0.29) is 15.7 Å². The Balaban J connectivity index is 2.89. The van der Waals surface area contributed by atoms with Crippen LogP contribution >= 0.6 is 23.2 Å². The predicted molar refractivity (Wildman–Crippen MR) is 55.5 cm³/mol. The molecule has 0 amide bonds. The molecule has 0 aromatic carbocycles. The van der Waals surface area contributed by atoms with E-state index in [1.54, 1.807) is 7.05 Å². The second kappa shape index (κ2) is 3.36. The molecule has 0 radical (unpaired) electrons. The summed E-state index contributed by atoms with van der Waals surface area (Å²) in [6.45, 7) is 0. The molecule has 0 saturated carbocycles. The van der Waals surface area contributed by atoms with Gasteiger partial charge in [-0.3, -0.25) is 0 Å². The highest BCUT2D eigenvalue weighted by Crippen LogP contribution is 2.30. The molecule has 2 aromatic heterocycles. The maximum atomic E-state index is 10.8. The van der Waals surface area contributed by atoms with Crippen LogP contribution in [0.25, 0.3) is 11.0 Å². The zero-order valence-electron chi connectivity index (χ0n) is 7.53. The summed E-state index contributed by atoms with van der Waals surface area (Å²) in [6, 6.07) is 0. The molecule has 0 atom stereocenters. The van der Waals surface area contributed by atoms with Gasteiger partial charge >= 0.3 is 5.97 Å². The number of aryl methyl sites for hydroxylation is 1. The third-order valence-corrected chi connectivity index (χ3v) is 2.63. The zero-order chi connectivity index (χ0) is 11.2. The Morgan fingerprint density at radius 3 is 2.80 bits per heavy atom. The summed E-state index contributed by atoms with van der Waals surface area (Å²) in [4.78, 5) is 14.7. The second-order valence-corrected chi connectivity index (χ2v) is 3.64. The topological polar surface area (TPSA) is 68.0 Å². The normalized spacial score (nSPS) is 10.9. The molecule has 0 aliphatic rings. The lowest BCUT2D eigenvalue weighted by Gasteiger charge is -1.99. The van der Waals surface area contributed by atoms with Crippen molar-refractivity contribution in [3.63, 3.8) is 0 Å². The molecule has 1 N–H and O–H groups in total. The first-order valence-corrected chi connectivity index (χ1v) is 4.68. The SMILES string of the molecule is Cn1nc(Cl)c2c(Cl)c(C(=O)O)cnc21. The van der Waals surface area contributed by atoms with Gasteiger partial charge in [-0.05, 0) is 0 Å². The third kappa shape index (κ3) is 1.44. The van der Waals surface area contributed by atoms with Crippen molar-refractivity contribution >= 4 is 40.2 Å². The average Bonchev–Trinajstić information content (AvgIpc) is 2.43. The third-order valence-electron chi connectivity index (χ3n) is 1.98. The lowest BCUT2D eigenvalue weighted by atomic mass is 10.2. The first-order chi connectivity index (χ1) is 7.02. The Kier molecular flexibility index (Phi) is 2.28. The van der Waals surface area contributed by atoms with Gasteiger partial charge in [0.15, 0.2) is 10.8 Å². The molecule has 0 fully saturated rings. The summed E-state index contributed by atoms with van der Waals surface area (Å²) in [5.41, 5.74) is 0.370. The Morgan fingerprint density at radius 1 is 1.53 bits per heavy atom. The molecule has 0 saturated heterocycles. The van der Waals surface area contributed by atoms with E-state index >= 15 is 0 Å². The largest absolute Gasteiger partial charge is 0.478 e. The van der Waals surface area contributed by atoms with Gasteiger partial charge in [0.2, 0.25) is 0 Å². The fourth-order valence-electron chi connectivity index (χ4n) is 1.29. The maximum absolute atomic E-state index is 10.8. The van der Waals surface area contributed by atoms with Gasteiger partial charge in [-0.15, -0.1) is 0 Å². The van der Waals surface area contributed by atoms with Crippen molar-refractivity contribution in [1.82, 2.24) is 14.8 Å². The van der Waals surface area contributed by atoms with Gasteiger partial charge in [0.25, 0.3) is 0 Å². The number of fused-ring (bicyclic) bond motifs is 1. The van der Waals surface area contributed by atoms with Gasteiger partial charge < -0.3 is 5.11 Å². The highest BCUT2D eigenvalue weighted by Gasteiger charge is 2.18. The summed E-state index contributed by atoms with van der Waals surface area (Å²) in [7, 11) is 1.65. The van der Waals surface area contributed by atoms with Crippen molar-refractivity contribution in [2.45, 2.75) is 0 Å². The van der Waals surface area contributed by atoms with Crippen molar-refractivity contribution in [2.24, 2.45) is 7.05 Å². The van der Waals surface area contributed by atoms with Crippen LogP contribution in [0.1, 0.15) is 10.4 Å². The van der Waals surface area contributed by atoms with Crippen LogP contribution in [0.15, 0.2) is 6.20 Å². The predicted octanol–water partition coefficient (Wildman–Crippen LogP) is 1.97. The number of hydrogen-bond acceptors (Lipinski definition) is 3. The van der Waals surface area contributed by atoms with Crippen LogP contribution in [0.3, 0.4) is 0 Å². The Hall–Kier alpha value is -1.33. The summed E-state index contributed by atoms with van der Waals surface area (Å²) in [6.07, 6.45) is 1.19. The van der Waals surface area contributed by atoms with E-state index in [2.05, 4.69) is 10.1 Å². The molecular weight excluding hydrogens is 241 g/mol. The molecule has 0 aliphatic heterocycles. The Labute approximate surface area is 94.2 Å². The van der Waals surface area contributed by atoms with Gasteiger partial charge in [0.05, 0.1) is 16.0 Å². The molecule has 0 aliphatic carbocycles. The van der Waals surface area contributed by atoms with Crippen LogP contribution in [0.4, 0.5) is 0 Å². The second-order valence-electron chi connectivity index (χ2n) is 2.90. The Morgan fingerprint density at radius 2 is 2.20 bits per heavy atom. The fourth-order valence-corrected chi connectivity index (χ4v) is 1.93. The fraction of sp³-hybridized carbons (Fsp3) is 0.125. The van der Waals surface area contributed by atoms with Crippen molar-refractivity contribution in [1.29, 1.82) is 0 Å². The lowest BCUT2D eigenvalue weighted by molar-refractivity contribution is 0.0697. The number of halogens is 2. The van der Waals surface area contributed by atoms with Crippen molar-refractivity contribution in [2.75, 3.05) is 0 Å². The van der Waals surface area contributed by atoms with Crippen LogP contribution in [0.5, 0.6) is 0 Å². The maximum Gasteiger partial charge on any atom is 0.338 e. The molecule has 5 nitrogen and oxygen atoms in total. The van der Waals surface area contributed by atoms with E-state index in [1.165, 1.54) is 10.9 Å². The average molecular weight is 246 g/mol. The summed E-state index contributed by atoms with van der Waals surface area (Å²) in [5, 5.41) is 13.3. The van der Waals surface area contributed by atoms with Crippen LogP contribution < -0.4 is 0 Å². The zero-order valence-corrected chi connectivity index (χ0v) is 9.04. The van der Waals surface area contributed by atoms with E-state index < -0.39 is 5.97 Å². The van der Waals surface area contributed by atoms with Gasteiger partial charge in [-0.25, -0.2) is 14.5 Å². The summed E-state index contributed by atoms with van der Waals surface area (Å²) < 4.78 is 1.44. The summed E-state index contributed by atoms with van der Waals surface area (Å²) >= 11 is 11.7. The van der Waals surface area contributed by atoms with E-state index in [0.717, 1.165) is 0 Å². The number of hydrogen-bond donors (Lipinski definition) is 1. The highest BCUT2D eigenvalue weighted by molar-refractivity contribution is 6.43. The molecule has 7 heteroatoms. The minimum atomic E-state index is -1.14. The molecule has 78 valence electrons. The summed E-state index contributed by atoms with van der Waals surface area (Å²) in [5.74, 6) is -1.14. The highest BCUT2D eigenvalue weighted by atomic mass is 35.5. The van der Waals surface area contributed by atoms with Crippen molar-refractivity contribution in [3.8, 4) is 0 Å². The molecule has 15 heavy (non-hydrogen) atoms. The molecule has 0 bridgehead atoms. The van der Waals surface area contributed by atoms with Crippen molar-refractivity contribution in [3.05, 3.63) is 21.9 Å². The van der Waals surface area contributed by atoms with E-state index in [0.29, 0.717) is 11.0 Å². The number of aromatic nitrogens is 3. The lowest BCUT2D eigenvalue weighted by Crippen LogP contribution is -2.00. The Bertz CT molecular complexity index is 565. The van der Waals surface area contributed by atoms with Gasteiger partial charge in [-0.2, -0.15) is 5.10 Å². The first-order valence-electron chi connectivity index (χ1n) is 3.92. The molecular formula is C8H5Cl2N3O2. The number of carboxylic acid groups (broad SMARTS) is 1. The van der Waals surface area contributed by atoms with E-state index in [9.17, 15) is 4.79 Å². The number of carboxylic acids is 1. The van der Waals surface area contributed by atoms with E-state index in [4.69, 9.17) is 28.3 Å². The first kappa shape index (κ1) is 10.2. The number of rotatable bonds is 1. The smallest absolute Gasteiger partial charge is 0.338 e. The quantitative estimate of drug-likeness (QED) is 0.835. The number of nitrogens with zero attached hydrogens (tertiary/aromatic N) is 3. The van der Waals surface area contributed by atoms with Crippen LogP contribution in [0.2, 0.25) is 10.2 Å². The molecule has 2 heterocycles. The van der Waals surface area contributed by atoms with Gasteiger partial charge in [0.1, 0.15) is 0 Å². The number of carbonyl (C=O) groups is 1. The standard InChI is InChI=1S/C8H5Cl2N3O2/c1-13-7-4(6(10)12-13)5(9)3(2-11-7)8(14)15/h2H,1H3,(H,14,15). The molecule has 2 aromatic rings. The van der Waals surface area contributed by atoms with Gasteiger partial charge in [-0.1, -0.05) is 23.2 Å². The van der Waals surface area contributed by atoms with Gasteiger partial charge in [0, 0.05) is 13.2 Å². The van der Waals surface area contributed by atoms with Crippen LogP contribution in [-0.2, 0) is 7.05 Å². The number of pyridine rings is 1. The van der Waals surface area contributed by atoms with Crippen LogP contribution in [-0.4, -0.2) is 25.8 Å². The minimum Gasteiger partial charge on any atom is -0.478 e. The van der Waals surface area contributed by atoms with Crippen LogP contribution in [0, 0.1) is 0 Å². The van der Waals surface area contributed by atoms with E-state index in [1.807, 2.05) is 0 Å². The monoisotopic (exact) mass is 245 g/mol. The molecule has 0 spiro atoms. The molecule has 0 unspecified atom stereocenters. The number of aromatic carboxylic acids is 1. The van der Waals surface area contributed by atoms with Crippen molar-refractivity contribution < 1.29 is 9.90 Å². The molecule has 2 rings (SSSR count).